The Kier molecular flexibility index (Phi) is 8.77. The average Bonchev–Trinajstić information content (AvgIpc) is 3.20. The van der Waals surface area contributed by atoms with Crippen molar-refractivity contribution >= 4 is 5.97 Å². The molecule has 6 aliphatic rings. The number of ether oxygens (including phenoxy) is 4. The van der Waals surface area contributed by atoms with Gasteiger partial charge in [-0.2, -0.15) is 0 Å². The number of esters is 1. The number of carbonyl (C=O) groups is 1. The van der Waals surface area contributed by atoms with Crippen molar-refractivity contribution in [2.75, 3.05) is 13.2 Å². The van der Waals surface area contributed by atoms with Gasteiger partial charge in [0, 0.05) is 0 Å². The molecule has 16 atom stereocenters. The number of aliphatic hydroxyl groups excluding tert-OH is 8. The molecule has 6 rings (SSSR count). The zero-order valence-corrected chi connectivity index (χ0v) is 26.0. The van der Waals surface area contributed by atoms with Crippen molar-refractivity contribution in [1.82, 2.24) is 0 Å². The van der Waals surface area contributed by atoms with Crippen LogP contribution in [-0.2, 0) is 23.7 Å². The van der Waals surface area contributed by atoms with Crippen molar-refractivity contribution in [2.24, 2.45) is 28.1 Å². The molecule has 0 aromatic carbocycles. The summed E-state index contributed by atoms with van der Waals surface area (Å²) in [4.78, 5) is 13.9. The molecule has 13 heteroatoms. The van der Waals surface area contributed by atoms with Crippen molar-refractivity contribution in [1.29, 1.82) is 0 Å². The molecule has 1 spiro atoms. The Labute approximate surface area is 262 Å². The lowest BCUT2D eigenvalue weighted by atomic mass is 9.41. The molecular weight excluding hydrogens is 592 g/mol. The maximum absolute atomic E-state index is 13.9. The van der Waals surface area contributed by atoms with E-state index in [1.54, 1.807) is 0 Å². The molecule has 13 nitrogen and oxygen atoms in total. The molecule has 4 saturated carbocycles. The Bertz CT molecular complexity index is 1150. The second-order valence-electron chi connectivity index (χ2n) is 15.2. The predicted octanol–water partition coefficient (Wildman–Crippen LogP) is -0.762. The molecule has 4 aliphatic carbocycles. The van der Waals surface area contributed by atoms with Crippen molar-refractivity contribution in [2.45, 2.75) is 139 Å². The normalized spacial score (nSPS) is 54.7. The Morgan fingerprint density at radius 2 is 1.38 bits per heavy atom. The topological polar surface area (TPSA) is 216 Å². The van der Waals surface area contributed by atoms with Gasteiger partial charge in [-0.15, -0.1) is 0 Å². The summed E-state index contributed by atoms with van der Waals surface area (Å²) in [6, 6.07) is 0. The largest absolute Gasteiger partial charge is 0.432 e. The predicted molar refractivity (Wildman–Crippen MR) is 154 cm³/mol. The molecule has 0 amide bonds. The fourth-order valence-electron chi connectivity index (χ4n) is 10.5. The van der Waals surface area contributed by atoms with Crippen LogP contribution in [-0.4, -0.2) is 127 Å². The van der Waals surface area contributed by atoms with E-state index in [4.69, 9.17) is 18.9 Å². The fraction of sp³-hybridized carbons (Fsp3) is 0.906. The van der Waals surface area contributed by atoms with Crippen molar-refractivity contribution < 1.29 is 64.6 Å². The minimum Gasteiger partial charge on any atom is -0.432 e. The molecule has 2 aliphatic heterocycles. The lowest BCUT2D eigenvalue weighted by Crippen LogP contribution is -2.63. The molecule has 0 unspecified atom stereocenters. The molecule has 8 N–H and O–H groups in total. The van der Waals surface area contributed by atoms with Crippen LogP contribution in [0.1, 0.15) is 71.6 Å². The van der Waals surface area contributed by atoms with Crippen LogP contribution in [0.3, 0.4) is 0 Å². The summed E-state index contributed by atoms with van der Waals surface area (Å²) in [5, 5.41) is 81.4. The van der Waals surface area contributed by atoms with Gasteiger partial charge in [-0.1, -0.05) is 19.9 Å². The molecule has 256 valence electrons. The van der Waals surface area contributed by atoms with E-state index in [0.717, 1.165) is 37.7 Å². The van der Waals surface area contributed by atoms with E-state index in [-0.39, 0.29) is 22.7 Å². The van der Waals surface area contributed by atoms with Gasteiger partial charge in [0.05, 0.1) is 24.2 Å². The minimum absolute atomic E-state index is 0.0421. The van der Waals surface area contributed by atoms with Crippen LogP contribution in [0, 0.1) is 28.1 Å². The minimum atomic E-state index is -1.67. The van der Waals surface area contributed by atoms with E-state index in [1.807, 2.05) is 6.92 Å². The Morgan fingerprint density at radius 3 is 2.00 bits per heavy atom. The molecule has 2 saturated heterocycles. The number of rotatable bonds is 6. The number of aliphatic hydroxyl groups is 8. The Hall–Kier alpha value is -1.23. The van der Waals surface area contributed by atoms with E-state index in [0.29, 0.717) is 25.7 Å². The first kappa shape index (κ1) is 33.7. The first-order chi connectivity index (χ1) is 21.2. The zero-order valence-electron chi connectivity index (χ0n) is 26.0. The van der Waals surface area contributed by atoms with Crippen LogP contribution < -0.4 is 0 Å². The average molecular weight is 643 g/mol. The van der Waals surface area contributed by atoms with Crippen LogP contribution in [0.15, 0.2) is 12.2 Å². The van der Waals surface area contributed by atoms with E-state index >= 15 is 0 Å². The first-order valence-electron chi connectivity index (χ1n) is 16.3. The van der Waals surface area contributed by atoms with E-state index in [9.17, 15) is 45.6 Å². The molecule has 2 bridgehead atoms. The van der Waals surface area contributed by atoms with Crippen LogP contribution in [0.2, 0.25) is 0 Å². The second-order valence-corrected chi connectivity index (χ2v) is 15.2. The molecule has 6 fully saturated rings. The van der Waals surface area contributed by atoms with Gasteiger partial charge >= 0.3 is 5.97 Å². The van der Waals surface area contributed by atoms with Crippen LogP contribution >= 0.6 is 0 Å². The van der Waals surface area contributed by atoms with Gasteiger partial charge in [0.15, 0.2) is 6.29 Å². The monoisotopic (exact) mass is 642 g/mol. The number of fused-ring (bicyclic) bond motifs is 3. The van der Waals surface area contributed by atoms with E-state index < -0.39 is 91.6 Å². The van der Waals surface area contributed by atoms with E-state index in [1.165, 1.54) is 0 Å². The lowest BCUT2D eigenvalue weighted by molar-refractivity contribution is -0.327. The summed E-state index contributed by atoms with van der Waals surface area (Å²) >= 11 is 0. The zero-order chi connectivity index (χ0) is 32.7. The second kappa shape index (κ2) is 11.7. The maximum Gasteiger partial charge on any atom is 0.314 e. The van der Waals surface area contributed by atoms with Gasteiger partial charge in [0.2, 0.25) is 6.29 Å². The quantitative estimate of drug-likeness (QED) is 0.102. The van der Waals surface area contributed by atoms with Gasteiger partial charge in [0.25, 0.3) is 0 Å². The van der Waals surface area contributed by atoms with Crippen LogP contribution in [0.4, 0.5) is 0 Å². The highest BCUT2D eigenvalue weighted by molar-refractivity contribution is 5.77. The van der Waals surface area contributed by atoms with Crippen molar-refractivity contribution in [3.63, 3.8) is 0 Å². The SMILES string of the molecule is C=C1C[C@]23CC[C@@H]4[C@](C)(CCC[C@]4(C)C(=O)O[C@H]4O[C@H](CO)[C@H](O)[C@H](O)[C@@H]4O)[C@H]2CC[C@@]1(O[C@H]1O[C@@H](CO)[C@H](O)[C@H](O)[C@H]1O)C3. The fourth-order valence-corrected chi connectivity index (χ4v) is 10.5. The Balaban J connectivity index is 1.20. The smallest absolute Gasteiger partial charge is 0.314 e. The van der Waals surface area contributed by atoms with Crippen molar-refractivity contribution in [3.8, 4) is 0 Å². The molecule has 0 aromatic rings. The molecular formula is C32H50O13. The highest BCUT2D eigenvalue weighted by Crippen LogP contribution is 2.73. The van der Waals surface area contributed by atoms with Gasteiger partial charge in [-0.25, -0.2) is 0 Å². The van der Waals surface area contributed by atoms with Gasteiger partial charge in [-0.3, -0.25) is 4.79 Å². The summed E-state index contributed by atoms with van der Waals surface area (Å²) in [5.41, 5.74) is -1.20. The molecule has 45 heavy (non-hydrogen) atoms. The standard InChI is InChI=1S/C32H50O13/c1-15-11-31-9-5-18-29(2,7-4-8-30(18,3)28(41)44-26-24(39)22(37)20(35)16(12-33)42-26)19(31)6-10-32(15,14-31)45-27-25(40)23(38)21(36)17(13-34)43-27/h16-27,33-40H,1,4-14H2,2-3H3/t16-,17+,18-,19-,20+,21+,22+,23+,24+,25-,26-,27-,29+,30+,31+,32-/m1/s1. The highest BCUT2D eigenvalue weighted by Gasteiger charge is 2.69. The highest BCUT2D eigenvalue weighted by atomic mass is 16.7. The summed E-state index contributed by atoms with van der Waals surface area (Å²) in [5.74, 6) is -0.348. The summed E-state index contributed by atoms with van der Waals surface area (Å²) in [7, 11) is 0. The molecule has 0 aromatic heterocycles. The summed E-state index contributed by atoms with van der Waals surface area (Å²) < 4.78 is 23.4. The van der Waals surface area contributed by atoms with Crippen molar-refractivity contribution in [3.05, 3.63) is 12.2 Å². The molecule has 0 radical (unpaired) electrons. The third kappa shape index (κ3) is 5.04. The van der Waals surface area contributed by atoms with Gasteiger partial charge in [-0.05, 0) is 86.5 Å². The summed E-state index contributed by atoms with van der Waals surface area (Å²) in [6.45, 7) is 7.41. The first-order valence-corrected chi connectivity index (χ1v) is 16.3. The third-order valence-corrected chi connectivity index (χ3v) is 12.9. The van der Waals surface area contributed by atoms with E-state index in [2.05, 4.69) is 13.5 Å². The maximum atomic E-state index is 13.9. The third-order valence-electron chi connectivity index (χ3n) is 12.9. The van der Waals surface area contributed by atoms with Crippen LogP contribution in [0.25, 0.3) is 0 Å². The van der Waals surface area contributed by atoms with Gasteiger partial charge < -0.3 is 59.8 Å². The number of hydrogen-bond donors (Lipinski definition) is 8. The Morgan fingerprint density at radius 1 is 0.800 bits per heavy atom. The number of hydrogen-bond acceptors (Lipinski definition) is 13. The van der Waals surface area contributed by atoms with Gasteiger partial charge in [0.1, 0.15) is 48.8 Å². The summed E-state index contributed by atoms with van der Waals surface area (Å²) in [6.07, 6.45) is -7.82. The number of carbonyl (C=O) groups excluding carboxylic acids is 1. The molecule has 2 heterocycles. The lowest BCUT2D eigenvalue weighted by Gasteiger charge is -2.64. The van der Waals surface area contributed by atoms with Crippen LogP contribution in [0.5, 0.6) is 0 Å².